The summed E-state index contributed by atoms with van der Waals surface area (Å²) in [6.45, 7) is 0. The molecular weight excluding hydrogens is 276 g/mol. The Hall–Kier alpha value is -3.14. The molecule has 2 N–H and O–H groups in total. The van der Waals surface area contributed by atoms with Crippen LogP contribution in [0.25, 0.3) is 10.8 Å². The first-order valence-electron chi connectivity index (χ1n) is 6.96. The van der Waals surface area contributed by atoms with Crippen LogP contribution >= 0.6 is 0 Å². The summed E-state index contributed by atoms with van der Waals surface area (Å²) in [6.07, 6.45) is 0. The smallest absolute Gasteiger partial charge is 0.259 e. The number of anilines is 2. The lowest BCUT2D eigenvalue weighted by molar-refractivity contribution is 0.0879. The molecule has 0 aromatic heterocycles. The third kappa shape index (κ3) is 2.02. The topological polar surface area (TPSA) is 58.2 Å². The highest BCUT2D eigenvalue weighted by atomic mass is 16.2. The Morgan fingerprint density at radius 1 is 0.682 bits per heavy atom. The van der Waals surface area contributed by atoms with Gasteiger partial charge in [0.25, 0.3) is 11.8 Å². The molecule has 106 valence electrons. The van der Waals surface area contributed by atoms with E-state index in [4.69, 9.17) is 0 Å². The number of carbonyl (C=O) groups is 2. The van der Waals surface area contributed by atoms with Crippen molar-refractivity contribution in [1.29, 1.82) is 0 Å². The van der Waals surface area contributed by atoms with Gasteiger partial charge in [-0.25, -0.2) is 0 Å². The first-order valence-corrected chi connectivity index (χ1v) is 6.96. The van der Waals surface area contributed by atoms with Gasteiger partial charge < -0.3 is 5.32 Å². The van der Waals surface area contributed by atoms with Gasteiger partial charge in [0, 0.05) is 11.4 Å². The highest BCUT2D eigenvalue weighted by Crippen LogP contribution is 2.25. The van der Waals surface area contributed by atoms with Gasteiger partial charge in [-0.2, -0.15) is 0 Å². The maximum atomic E-state index is 11.7. The molecule has 3 aromatic carbocycles. The quantitative estimate of drug-likeness (QED) is 0.710. The Bertz CT molecular complexity index is 931. The largest absolute Gasteiger partial charge is 0.355 e. The van der Waals surface area contributed by atoms with Gasteiger partial charge >= 0.3 is 0 Å². The first-order chi connectivity index (χ1) is 10.7. The van der Waals surface area contributed by atoms with E-state index in [0.717, 1.165) is 16.8 Å². The third-order valence-corrected chi connectivity index (χ3v) is 3.77. The molecule has 0 saturated heterocycles. The molecule has 0 saturated carbocycles. The number of nitrogens with one attached hydrogen (secondary N) is 2. The molecule has 0 bridgehead atoms. The molecule has 4 heteroatoms. The highest BCUT2D eigenvalue weighted by molar-refractivity contribution is 6.21. The summed E-state index contributed by atoms with van der Waals surface area (Å²) < 4.78 is 0. The van der Waals surface area contributed by atoms with E-state index >= 15 is 0 Å². The number of hydrogen-bond acceptors (Lipinski definition) is 3. The Morgan fingerprint density at radius 2 is 1.36 bits per heavy atom. The van der Waals surface area contributed by atoms with Crippen LogP contribution < -0.4 is 10.6 Å². The fourth-order valence-corrected chi connectivity index (χ4v) is 2.68. The monoisotopic (exact) mass is 288 g/mol. The van der Waals surface area contributed by atoms with Gasteiger partial charge in [-0.05, 0) is 41.1 Å². The number of benzene rings is 3. The van der Waals surface area contributed by atoms with Gasteiger partial charge in [-0.3, -0.25) is 14.9 Å². The van der Waals surface area contributed by atoms with Crippen molar-refractivity contribution in [2.24, 2.45) is 0 Å². The van der Waals surface area contributed by atoms with Crippen LogP contribution in [-0.4, -0.2) is 11.8 Å². The van der Waals surface area contributed by atoms with E-state index in [2.05, 4.69) is 22.8 Å². The minimum atomic E-state index is -0.345. The zero-order chi connectivity index (χ0) is 15.1. The number of imide groups is 1. The maximum Gasteiger partial charge on any atom is 0.259 e. The van der Waals surface area contributed by atoms with Gasteiger partial charge in [0.2, 0.25) is 0 Å². The van der Waals surface area contributed by atoms with Gasteiger partial charge in [-0.1, -0.05) is 30.3 Å². The van der Waals surface area contributed by atoms with Crippen LogP contribution in [0.3, 0.4) is 0 Å². The molecule has 0 radical (unpaired) electrons. The van der Waals surface area contributed by atoms with E-state index in [1.165, 1.54) is 5.39 Å². The molecule has 22 heavy (non-hydrogen) atoms. The molecule has 2 amide bonds. The molecule has 3 aromatic rings. The summed E-state index contributed by atoms with van der Waals surface area (Å²) in [5.41, 5.74) is 2.55. The fraction of sp³-hybridized carbons (Fsp3) is 0. The summed E-state index contributed by atoms with van der Waals surface area (Å²) >= 11 is 0. The average molecular weight is 288 g/mol. The molecule has 1 aliphatic rings. The summed E-state index contributed by atoms with van der Waals surface area (Å²) in [6, 6.07) is 19.4. The Kier molecular flexibility index (Phi) is 2.69. The van der Waals surface area contributed by atoms with Crippen molar-refractivity contribution < 1.29 is 9.59 Å². The summed E-state index contributed by atoms with van der Waals surface area (Å²) in [7, 11) is 0. The van der Waals surface area contributed by atoms with Gasteiger partial charge in [0.05, 0.1) is 11.1 Å². The molecule has 0 spiro atoms. The van der Waals surface area contributed by atoms with E-state index in [1.54, 1.807) is 18.2 Å². The van der Waals surface area contributed by atoms with E-state index in [0.29, 0.717) is 11.1 Å². The second-order valence-electron chi connectivity index (χ2n) is 5.23. The average Bonchev–Trinajstić information content (AvgIpc) is 2.82. The predicted molar refractivity (Wildman–Crippen MR) is 85.5 cm³/mol. The van der Waals surface area contributed by atoms with E-state index in [1.807, 2.05) is 30.3 Å². The van der Waals surface area contributed by atoms with Crippen molar-refractivity contribution in [1.82, 2.24) is 5.32 Å². The van der Waals surface area contributed by atoms with E-state index in [-0.39, 0.29) is 11.8 Å². The lowest BCUT2D eigenvalue weighted by atomic mass is 10.1. The maximum absolute atomic E-state index is 11.7. The van der Waals surface area contributed by atoms with Crippen LogP contribution in [0.4, 0.5) is 11.4 Å². The highest BCUT2D eigenvalue weighted by Gasteiger charge is 2.26. The normalized spacial score (nSPS) is 13.1. The van der Waals surface area contributed by atoms with Gasteiger partial charge in [0.15, 0.2) is 0 Å². The predicted octanol–water partition coefficient (Wildman–Crippen LogP) is 3.47. The molecule has 0 atom stereocenters. The third-order valence-electron chi connectivity index (χ3n) is 3.77. The van der Waals surface area contributed by atoms with Crippen LogP contribution in [0.5, 0.6) is 0 Å². The molecule has 0 fully saturated rings. The molecule has 4 nitrogen and oxygen atoms in total. The number of rotatable bonds is 2. The first kappa shape index (κ1) is 12.6. The zero-order valence-corrected chi connectivity index (χ0v) is 11.6. The van der Waals surface area contributed by atoms with Crippen molar-refractivity contribution in [3.8, 4) is 0 Å². The summed E-state index contributed by atoms with van der Waals surface area (Å²) in [4.78, 5) is 23.2. The number of amides is 2. The number of carbonyl (C=O) groups excluding carboxylic acids is 2. The molecular formula is C18H12N2O2. The van der Waals surface area contributed by atoms with E-state index in [9.17, 15) is 9.59 Å². The number of hydrogen-bond donors (Lipinski definition) is 2. The molecule has 1 aliphatic heterocycles. The lowest BCUT2D eigenvalue weighted by Gasteiger charge is -2.08. The Labute approximate surface area is 126 Å². The summed E-state index contributed by atoms with van der Waals surface area (Å²) in [5.74, 6) is -0.681. The molecule has 0 aliphatic carbocycles. The van der Waals surface area contributed by atoms with Crippen molar-refractivity contribution >= 4 is 34.0 Å². The second-order valence-corrected chi connectivity index (χ2v) is 5.23. The van der Waals surface area contributed by atoms with Gasteiger partial charge in [-0.15, -0.1) is 0 Å². The van der Waals surface area contributed by atoms with Crippen LogP contribution in [0.15, 0.2) is 60.7 Å². The van der Waals surface area contributed by atoms with Crippen molar-refractivity contribution in [3.63, 3.8) is 0 Å². The van der Waals surface area contributed by atoms with Crippen LogP contribution in [0, 0.1) is 0 Å². The van der Waals surface area contributed by atoms with Crippen molar-refractivity contribution in [3.05, 3.63) is 71.8 Å². The minimum Gasteiger partial charge on any atom is -0.355 e. The Balaban J connectivity index is 1.69. The SMILES string of the molecule is O=C1NC(=O)c2cc(Nc3ccc4ccccc4c3)ccc21. The zero-order valence-electron chi connectivity index (χ0n) is 11.6. The standard InChI is InChI=1S/C18H12N2O2/c21-17-15-8-7-14(10-16(15)18(22)20-17)19-13-6-5-11-3-1-2-4-12(11)9-13/h1-10,19H,(H,20,21,22). The van der Waals surface area contributed by atoms with Crippen LogP contribution in [-0.2, 0) is 0 Å². The van der Waals surface area contributed by atoms with Crippen LogP contribution in [0.1, 0.15) is 20.7 Å². The van der Waals surface area contributed by atoms with E-state index < -0.39 is 0 Å². The van der Waals surface area contributed by atoms with Crippen LogP contribution in [0.2, 0.25) is 0 Å². The Morgan fingerprint density at radius 3 is 2.23 bits per heavy atom. The fourth-order valence-electron chi connectivity index (χ4n) is 2.68. The molecule has 1 heterocycles. The van der Waals surface area contributed by atoms with Gasteiger partial charge in [0.1, 0.15) is 0 Å². The summed E-state index contributed by atoms with van der Waals surface area (Å²) in [5, 5.41) is 7.88. The lowest BCUT2D eigenvalue weighted by Crippen LogP contribution is -2.19. The van der Waals surface area contributed by atoms with Crippen molar-refractivity contribution in [2.75, 3.05) is 5.32 Å². The minimum absolute atomic E-state index is 0.336. The number of fused-ring (bicyclic) bond motifs is 2. The molecule has 0 unspecified atom stereocenters. The molecule has 4 rings (SSSR count). The van der Waals surface area contributed by atoms with Crippen molar-refractivity contribution in [2.45, 2.75) is 0 Å². The second kappa shape index (κ2) is 4.70.